The van der Waals surface area contributed by atoms with E-state index in [0.29, 0.717) is 30.3 Å². The fourth-order valence-electron chi connectivity index (χ4n) is 2.30. The van der Waals surface area contributed by atoms with E-state index in [-0.39, 0.29) is 22.2 Å². The van der Waals surface area contributed by atoms with E-state index in [9.17, 15) is 13.2 Å². The molecule has 2 aromatic rings. The highest BCUT2D eigenvalue weighted by Gasteiger charge is 2.23. The average molecular weight is 364 g/mol. The van der Waals surface area contributed by atoms with E-state index < -0.39 is 10.1 Å². The first-order valence-corrected chi connectivity index (χ1v) is 8.84. The Kier molecular flexibility index (Phi) is 4.54. The Hall–Kier alpha value is -2.74. The van der Waals surface area contributed by atoms with Crippen LogP contribution in [0.4, 0.5) is 0 Å². The molecular weight excluding hydrogens is 348 g/mol. The van der Waals surface area contributed by atoms with E-state index in [1.165, 1.54) is 50.4 Å². The van der Waals surface area contributed by atoms with Crippen LogP contribution >= 0.6 is 0 Å². The van der Waals surface area contributed by atoms with Crippen LogP contribution in [0, 0.1) is 0 Å². The maximum Gasteiger partial charge on any atom is 0.339 e. The average Bonchev–Trinajstić information content (AvgIpc) is 2.61. The third kappa shape index (κ3) is 3.53. The number of carbonyl (C=O) groups excluding carboxylic acids is 1. The molecule has 0 aliphatic carbocycles. The van der Waals surface area contributed by atoms with Crippen LogP contribution in [0.1, 0.15) is 17.3 Å². The lowest BCUT2D eigenvalue weighted by molar-refractivity contribution is 0.101. The summed E-state index contributed by atoms with van der Waals surface area (Å²) in [5, 5.41) is 0. The van der Waals surface area contributed by atoms with Gasteiger partial charge in [0.05, 0.1) is 7.11 Å². The standard InChI is InChI=1S/C17H16O7S/c1-11(18)12-3-5-15(16(9-12)21-2)24-25(19,20)13-4-6-14-17(10-13)23-8-7-22-14/h3-6,9-10H,7-8H2,1-2H3. The monoisotopic (exact) mass is 364 g/mol. The lowest BCUT2D eigenvalue weighted by Crippen LogP contribution is -2.16. The molecule has 0 aromatic heterocycles. The minimum absolute atomic E-state index is 0.0117. The van der Waals surface area contributed by atoms with E-state index in [0.717, 1.165) is 0 Å². The van der Waals surface area contributed by atoms with Crippen LogP contribution in [-0.4, -0.2) is 34.5 Å². The number of ketones is 1. The predicted molar refractivity (Wildman–Crippen MR) is 88.2 cm³/mol. The summed E-state index contributed by atoms with van der Waals surface area (Å²) in [5.74, 6) is 0.791. The number of hydrogen-bond acceptors (Lipinski definition) is 7. The number of methoxy groups -OCH3 is 1. The largest absolute Gasteiger partial charge is 0.493 e. The van der Waals surface area contributed by atoms with Crippen LogP contribution in [-0.2, 0) is 10.1 Å². The van der Waals surface area contributed by atoms with E-state index in [1.54, 1.807) is 0 Å². The molecule has 8 heteroatoms. The molecule has 0 spiro atoms. The summed E-state index contributed by atoms with van der Waals surface area (Å²) >= 11 is 0. The minimum atomic E-state index is -4.11. The van der Waals surface area contributed by atoms with Gasteiger partial charge in [0.15, 0.2) is 28.8 Å². The number of Topliss-reactive ketones (excluding diaryl/α,β-unsaturated/α-hetero) is 1. The van der Waals surface area contributed by atoms with Gasteiger partial charge in [-0.25, -0.2) is 0 Å². The van der Waals surface area contributed by atoms with Gasteiger partial charge in [0.25, 0.3) is 0 Å². The maximum absolute atomic E-state index is 12.5. The maximum atomic E-state index is 12.5. The quantitative estimate of drug-likeness (QED) is 0.595. The van der Waals surface area contributed by atoms with Gasteiger partial charge in [-0.15, -0.1) is 0 Å². The number of fused-ring (bicyclic) bond motifs is 1. The lowest BCUT2D eigenvalue weighted by Gasteiger charge is -2.19. The smallest absolute Gasteiger partial charge is 0.339 e. The Labute approximate surface area is 145 Å². The van der Waals surface area contributed by atoms with Crippen molar-refractivity contribution >= 4 is 15.9 Å². The summed E-state index contributed by atoms with van der Waals surface area (Å²) in [7, 11) is -2.75. The molecule has 1 aliphatic heterocycles. The zero-order chi connectivity index (χ0) is 18.0. The lowest BCUT2D eigenvalue weighted by atomic mass is 10.1. The molecule has 1 heterocycles. The Morgan fingerprint density at radius 3 is 2.40 bits per heavy atom. The van der Waals surface area contributed by atoms with Crippen molar-refractivity contribution in [1.29, 1.82) is 0 Å². The van der Waals surface area contributed by atoms with Crippen LogP contribution < -0.4 is 18.4 Å². The van der Waals surface area contributed by atoms with Crippen molar-refractivity contribution in [2.24, 2.45) is 0 Å². The summed E-state index contributed by atoms with van der Waals surface area (Å²) < 4.78 is 46.1. The number of hydrogen-bond donors (Lipinski definition) is 0. The van der Waals surface area contributed by atoms with E-state index in [2.05, 4.69) is 0 Å². The minimum Gasteiger partial charge on any atom is -0.493 e. The Morgan fingerprint density at radius 2 is 1.72 bits per heavy atom. The van der Waals surface area contributed by atoms with E-state index in [1.807, 2.05) is 0 Å². The van der Waals surface area contributed by atoms with Gasteiger partial charge in [-0.05, 0) is 37.3 Å². The molecule has 0 amide bonds. The summed E-state index contributed by atoms with van der Waals surface area (Å²) in [6.45, 7) is 2.16. The van der Waals surface area contributed by atoms with Crippen molar-refractivity contribution in [2.75, 3.05) is 20.3 Å². The van der Waals surface area contributed by atoms with Gasteiger partial charge in [0, 0.05) is 11.6 Å². The SMILES string of the molecule is COc1cc(C(C)=O)ccc1OS(=O)(=O)c1ccc2c(c1)OCCO2. The van der Waals surface area contributed by atoms with Gasteiger partial charge in [-0.3, -0.25) is 4.79 Å². The summed E-state index contributed by atoms with van der Waals surface area (Å²) in [6, 6.07) is 8.52. The summed E-state index contributed by atoms with van der Waals surface area (Å²) in [5.41, 5.74) is 0.390. The van der Waals surface area contributed by atoms with Gasteiger partial charge < -0.3 is 18.4 Å². The van der Waals surface area contributed by atoms with Crippen molar-refractivity contribution in [3.05, 3.63) is 42.0 Å². The molecule has 0 N–H and O–H groups in total. The second kappa shape index (κ2) is 6.64. The molecule has 0 fully saturated rings. The van der Waals surface area contributed by atoms with Gasteiger partial charge in [-0.1, -0.05) is 0 Å². The van der Waals surface area contributed by atoms with Crippen LogP contribution in [0.2, 0.25) is 0 Å². The second-order valence-electron chi connectivity index (χ2n) is 5.26. The highest BCUT2D eigenvalue weighted by atomic mass is 32.2. The number of benzene rings is 2. The fourth-order valence-corrected chi connectivity index (χ4v) is 3.26. The summed E-state index contributed by atoms with van der Waals surface area (Å²) in [6.07, 6.45) is 0. The molecule has 0 unspecified atom stereocenters. The van der Waals surface area contributed by atoms with Crippen LogP contribution in [0.5, 0.6) is 23.0 Å². The second-order valence-corrected chi connectivity index (χ2v) is 6.81. The zero-order valence-electron chi connectivity index (χ0n) is 13.6. The van der Waals surface area contributed by atoms with Gasteiger partial charge in [0.2, 0.25) is 0 Å². The topological polar surface area (TPSA) is 88.1 Å². The van der Waals surface area contributed by atoms with Crippen LogP contribution in [0.25, 0.3) is 0 Å². The molecule has 7 nitrogen and oxygen atoms in total. The molecule has 0 radical (unpaired) electrons. The highest BCUT2D eigenvalue weighted by Crippen LogP contribution is 2.35. The summed E-state index contributed by atoms with van der Waals surface area (Å²) in [4.78, 5) is 11.4. The van der Waals surface area contributed by atoms with Crippen molar-refractivity contribution in [2.45, 2.75) is 11.8 Å². The Morgan fingerprint density at radius 1 is 1.00 bits per heavy atom. The highest BCUT2D eigenvalue weighted by molar-refractivity contribution is 7.87. The van der Waals surface area contributed by atoms with E-state index >= 15 is 0 Å². The first-order chi connectivity index (χ1) is 11.9. The Bertz CT molecular complexity index is 919. The molecule has 132 valence electrons. The molecular formula is C17H16O7S. The molecule has 3 rings (SSSR count). The zero-order valence-corrected chi connectivity index (χ0v) is 14.5. The normalized spacial score (nSPS) is 13.2. The van der Waals surface area contributed by atoms with Gasteiger partial charge in [0.1, 0.15) is 18.1 Å². The molecule has 0 saturated carbocycles. The van der Waals surface area contributed by atoms with Crippen molar-refractivity contribution in [3.63, 3.8) is 0 Å². The molecule has 1 aliphatic rings. The van der Waals surface area contributed by atoms with Gasteiger partial charge >= 0.3 is 10.1 Å². The number of ether oxygens (including phenoxy) is 3. The van der Waals surface area contributed by atoms with Crippen molar-refractivity contribution in [3.8, 4) is 23.0 Å². The first kappa shape index (κ1) is 17.1. The number of carbonyl (C=O) groups is 1. The third-order valence-electron chi connectivity index (χ3n) is 3.57. The molecule has 0 bridgehead atoms. The van der Waals surface area contributed by atoms with Crippen LogP contribution in [0.15, 0.2) is 41.3 Å². The molecule has 0 saturated heterocycles. The fraction of sp³-hybridized carbons (Fsp3) is 0.235. The predicted octanol–water partition coefficient (Wildman–Crippen LogP) is 2.44. The van der Waals surface area contributed by atoms with E-state index in [4.69, 9.17) is 18.4 Å². The van der Waals surface area contributed by atoms with Crippen molar-refractivity contribution in [1.82, 2.24) is 0 Å². The molecule has 0 atom stereocenters. The Balaban J connectivity index is 1.93. The molecule has 2 aromatic carbocycles. The number of rotatable bonds is 5. The first-order valence-electron chi connectivity index (χ1n) is 7.44. The van der Waals surface area contributed by atoms with Gasteiger partial charge in [-0.2, -0.15) is 8.42 Å². The molecule has 25 heavy (non-hydrogen) atoms. The van der Waals surface area contributed by atoms with Crippen LogP contribution in [0.3, 0.4) is 0 Å². The third-order valence-corrected chi connectivity index (χ3v) is 4.80. The van der Waals surface area contributed by atoms with Crippen molar-refractivity contribution < 1.29 is 31.6 Å².